The highest BCUT2D eigenvalue weighted by atomic mass is 16.5. The molecule has 15 heavy (non-hydrogen) atoms. The molecular weight excluding hydrogens is 188 g/mol. The zero-order valence-electron chi connectivity index (χ0n) is 10.2. The summed E-state index contributed by atoms with van der Waals surface area (Å²) in [6.07, 6.45) is 5.01. The summed E-state index contributed by atoms with van der Waals surface area (Å²) in [5, 5.41) is 0. The highest BCUT2D eigenvalue weighted by Gasteiger charge is 2.24. The Morgan fingerprint density at radius 2 is 2.20 bits per heavy atom. The number of hydrogen-bond acceptors (Lipinski definition) is 3. The van der Waals surface area contributed by atoms with Crippen LogP contribution in [-0.4, -0.2) is 44.3 Å². The zero-order valence-corrected chi connectivity index (χ0v) is 10.2. The first kappa shape index (κ1) is 12.9. The van der Waals surface area contributed by atoms with Crippen molar-refractivity contribution in [2.24, 2.45) is 11.7 Å². The van der Waals surface area contributed by atoms with Gasteiger partial charge in [-0.2, -0.15) is 0 Å². The number of hydrogen-bond donors (Lipinski definition) is 1. The van der Waals surface area contributed by atoms with Gasteiger partial charge in [-0.3, -0.25) is 0 Å². The lowest BCUT2D eigenvalue weighted by Crippen LogP contribution is -2.38. The lowest BCUT2D eigenvalue weighted by molar-refractivity contribution is 0.185. The van der Waals surface area contributed by atoms with Gasteiger partial charge in [0, 0.05) is 32.8 Å². The van der Waals surface area contributed by atoms with Crippen molar-refractivity contribution in [3.8, 4) is 0 Å². The van der Waals surface area contributed by atoms with Gasteiger partial charge in [-0.05, 0) is 38.1 Å². The fraction of sp³-hybridized carbons (Fsp3) is 1.00. The van der Waals surface area contributed by atoms with Gasteiger partial charge in [-0.1, -0.05) is 6.92 Å². The van der Waals surface area contributed by atoms with Gasteiger partial charge in [0.05, 0.1) is 0 Å². The van der Waals surface area contributed by atoms with Crippen molar-refractivity contribution in [1.82, 2.24) is 4.90 Å². The third kappa shape index (κ3) is 6.13. The van der Waals surface area contributed by atoms with Gasteiger partial charge in [0.25, 0.3) is 0 Å². The molecular formula is C12H26N2O. The van der Waals surface area contributed by atoms with Crippen LogP contribution in [-0.2, 0) is 4.74 Å². The first-order valence-electron chi connectivity index (χ1n) is 6.23. The summed E-state index contributed by atoms with van der Waals surface area (Å²) in [4.78, 5) is 2.50. The molecule has 0 aromatic carbocycles. The van der Waals surface area contributed by atoms with Crippen LogP contribution in [0.2, 0.25) is 0 Å². The number of likely N-dealkylation sites (N-methyl/N-ethyl adjacent to an activating group) is 1. The standard InChI is InChI=1S/C12H26N2O/c1-3-14(9-11-6-7-11)10-12(13)5-4-8-15-2/h11-12H,3-10,13H2,1-2H3. The van der Waals surface area contributed by atoms with E-state index in [-0.39, 0.29) is 0 Å². The molecule has 1 unspecified atom stereocenters. The van der Waals surface area contributed by atoms with Crippen LogP contribution in [0.15, 0.2) is 0 Å². The molecule has 90 valence electrons. The molecule has 3 nitrogen and oxygen atoms in total. The molecule has 0 aromatic rings. The summed E-state index contributed by atoms with van der Waals surface area (Å²) >= 11 is 0. The summed E-state index contributed by atoms with van der Waals surface area (Å²) in [6, 6.07) is 0.318. The fourth-order valence-electron chi connectivity index (χ4n) is 1.91. The normalized spacial score (nSPS) is 18.4. The van der Waals surface area contributed by atoms with E-state index in [2.05, 4.69) is 11.8 Å². The molecule has 0 radical (unpaired) electrons. The minimum Gasteiger partial charge on any atom is -0.385 e. The molecule has 2 N–H and O–H groups in total. The largest absolute Gasteiger partial charge is 0.385 e. The van der Waals surface area contributed by atoms with E-state index in [0.29, 0.717) is 6.04 Å². The van der Waals surface area contributed by atoms with E-state index in [1.54, 1.807) is 7.11 Å². The van der Waals surface area contributed by atoms with E-state index < -0.39 is 0 Å². The van der Waals surface area contributed by atoms with Gasteiger partial charge >= 0.3 is 0 Å². The van der Waals surface area contributed by atoms with E-state index in [9.17, 15) is 0 Å². The van der Waals surface area contributed by atoms with Crippen molar-refractivity contribution in [3.05, 3.63) is 0 Å². The van der Waals surface area contributed by atoms with Crippen LogP contribution in [0.3, 0.4) is 0 Å². The smallest absolute Gasteiger partial charge is 0.0462 e. The monoisotopic (exact) mass is 214 g/mol. The van der Waals surface area contributed by atoms with Crippen LogP contribution in [0.1, 0.15) is 32.6 Å². The fourth-order valence-corrected chi connectivity index (χ4v) is 1.91. The Bertz CT molecular complexity index is 160. The molecule has 0 bridgehead atoms. The molecule has 1 aliphatic carbocycles. The summed E-state index contributed by atoms with van der Waals surface area (Å²) < 4.78 is 5.03. The summed E-state index contributed by atoms with van der Waals surface area (Å²) in [5.41, 5.74) is 6.09. The van der Waals surface area contributed by atoms with E-state index >= 15 is 0 Å². The molecule has 1 fully saturated rings. The number of ether oxygens (including phenoxy) is 1. The Labute approximate surface area is 94.0 Å². The molecule has 0 aromatic heterocycles. The first-order chi connectivity index (χ1) is 7.26. The lowest BCUT2D eigenvalue weighted by Gasteiger charge is -2.24. The Morgan fingerprint density at radius 3 is 2.73 bits per heavy atom. The number of rotatable bonds is 9. The van der Waals surface area contributed by atoms with Crippen molar-refractivity contribution in [1.29, 1.82) is 0 Å². The van der Waals surface area contributed by atoms with Gasteiger partial charge in [0.1, 0.15) is 0 Å². The van der Waals surface area contributed by atoms with Crippen LogP contribution >= 0.6 is 0 Å². The Hall–Kier alpha value is -0.120. The average Bonchev–Trinajstić information content (AvgIpc) is 3.01. The van der Waals surface area contributed by atoms with Gasteiger partial charge < -0.3 is 15.4 Å². The number of methoxy groups -OCH3 is 1. The van der Waals surface area contributed by atoms with Crippen molar-refractivity contribution < 1.29 is 4.74 Å². The summed E-state index contributed by atoms with van der Waals surface area (Å²) in [5.74, 6) is 0.969. The third-order valence-electron chi connectivity index (χ3n) is 3.08. The molecule has 1 aliphatic rings. The second-order valence-corrected chi connectivity index (χ2v) is 4.69. The van der Waals surface area contributed by atoms with E-state index in [1.807, 2.05) is 0 Å². The minimum absolute atomic E-state index is 0.318. The van der Waals surface area contributed by atoms with Crippen molar-refractivity contribution in [2.45, 2.75) is 38.6 Å². The molecule has 1 rings (SSSR count). The van der Waals surface area contributed by atoms with Crippen LogP contribution in [0.25, 0.3) is 0 Å². The predicted octanol–water partition coefficient (Wildman–Crippen LogP) is 1.47. The Morgan fingerprint density at radius 1 is 1.47 bits per heavy atom. The van der Waals surface area contributed by atoms with E-state index in [1.165, 1.54) is 19.4 Å². The number of nitrogens with zero attached hydrogens (tertiary/aromatic N) is 1. The minimum atomic E-state index is 0.318. The highest BCUT2D eigenvalue weighted by molar-refractivity contribution is 4.78. The van der Waals surface area contributed by atoms with Crippen LogP contribution in [0.5, 0.6) is 0 Å². The van der Waals surface area contributed by atoms with Gasteiger partial charge in [0.2, 0.25) is 0 Å². The number of nitrogens with two attached hydrogens (primary N) is 1. The second kappa shape index (κ2) is 7.20. The van der Waals surface area contributed by atoms with Gasteiger partial charge in [-0.15, -0.1) is 0 Å². The zero-order chi connectivity index (χ0) is 11.1. The van der Waals surface area contributed by atoms with E-state index in [0.717, 1.165) is 38.5 Å². The predicted molar refractivity (Wildman–Crippen MR) is 63.9 cm³/mol. The summed E-state index contributed by atoms with van der Waals surface area (Å²) in [7, 11) is 1.75. The second-order valence-electron chi connectivity index (χ2n) is 4.69. The van der Waals surface area contributed by atoms with E-state index in [4.69, 9.17) is 10.5 Å². The molecule has 0 saturated heterocycles. The summed E-state index contributed by atoms with van der Waals surface area (Å²) in [6.45, 7) is 6.51. The quantitative estimate of drug-likeness (QED) is 0.591. The molecule has 0 aliphatic heterocycles. The molecule has 1 atom stereocenters. The third-order valence-corrected chi connectivity index (χ3v) is 3.08. The van der Waals surface area contributed by atoms with Gasteiger partial charge in [0.15, 0.2) is 0 Å². The SMILES string of the molecule is CCN(CC(N)CCCOC)CC1CC1. The lowest BCUT2D eigenvalue weighted by atomic mass is 10.1. The molecule has 3 heteroatoms. The molecule has 0 amide bonds. The van der Waals surface area contributed by atoms with Crippen LogP contribution in [0.4, 0.5) is 0 Å². The highest BCUT2D eigenvalue weighted by Crippen LogP contribution is 2.29. The molecule has 1 saturated carbocycles. The Balaban J connectivity index is 2.06. The van der Waals surface area contributed by atoms with Crippen molar-refractivity contribution in [2.75, 3.05) is 33.4 Å². The maximum atomic E-state index is 6.09. The van der Waals surface area contributed by atoms with Crippen LogP contribution in [0, 0.1) is 5.92 Å². The average molecular weight is 214 g/mol. The van der Waals surface area contributed by atoms with Crippen molar-refractivity contribution >= 4 is 0 Å². The maximum Gasteiger partial charge on any atom is 0.0462 e. The van der Waals surface area contributed by atoms with Gasteiger partial charge in [-0.25, -0.2) is 0 Å². The topological polar surface area (TPSA) is 38.5 Å². The molecule has 0 heterocycles. The Kier molecular flexibility index (Phi) is 6.22. The molecule has 0 spiro atoms. The maximum absolute atomic E-state index is 6.09. The van der Waals surface area contributed by atoms with Crippen LogP contribution < -0.4 is 5.73 Å². The van der Waals surface area contributed by atoms with Crippen molar-refractivity contribution in [3.63, 3.8) is 0 Å². The first-order valence-corrected chi connectivity index (χ1v) is 6.23.